The Hall–Kier alpha value is -2.80. The van der Waals surface area contributed by atoms with Crippen LogP contribution in [0.1, 0.15) is 11.1 Å². The number of hydrogen-bond acceptors (Lipinski definition) is 1. The molecule has 0 bridgehead atoms. The highest BCUT2D eigenvalue weighted by Gasteiger charge is 2.22. The largest absolute Gasteiger partial charge is 0.464 e. The molecule has 0 N–H and O–H groups in total. The van der Waals surface area contributed by atoms with Gasteiger partial charge in [-0.3, -0.25) is 0 Å². The molecule has 0 spiro atoms. The lowest BCUT2D eigenvalue weighted by atomic mass is 9.95. The molecule has 5 rings (SSSR count). The fourth-order valence-corrected chi connectivity index (χ4v) is 3.60. The van der Waals surface area contributed by atoms with Gasteiger partial charge in [-0.1, -0.05) is 60.7 Å². The lowest BCUT2D eigenvalue weighted by Gasteiger charge is -2.07. The molecular weight excluding hydrogens is 268 g/mol. The Balaban J connectivity index is 1.79. The molecule has 1 heterocycles. The van der Waals surface area contributed by atoms with E-state index in [9.17, 15) is 0 Å². The van der Waals surface area contributed by atoms with Crippen molar-refractivity contribution >= 4 is 11.0 Å². The van der Waals surface area contributed by atoms with Crippen molar-refractivity contribution in [2.24, 2.45) is 0 Å². The van der Waals surface area contributed by atoms with Crippen LogP contribution in [0.3, 0.4) is 0 Å². The number of fused-ring (bicyclic) bond motifs is 4. The molecule has 1 aliphatic rings. The van der Waals surface area contributed by atoms with Crippen molar-refractivity contribution in [3.63, 3.8) is 0 Å². The summed E-state index contributed by atoms with van der Waals surface area (Å²) in [4.78, 5) is 0. The first kappa shape index (κ1) is 11.8. The molecule has 1 aliphatic carbocycles. The van der Waals surface area contributed by atoms with Gasteiger partial charge < -0.3 is 4.42 Å². The van der Waals surface area contributed by atoms with Gasteiger partial charge in [0.05, 0.1) is 6.26 Å². The molecule has 3 aromatic carbocycles. The lowest BCUT2D eigenvalue weighted by Crippen LogP contribution is -1.86. The molecule has 0 atom stereocenters. The maximum Gasteiger partial charge on any atom is 0.134 e. The standard InChI is InChI=1S/C21H14O/c1-2-7-15-14(6-1)12-19-16(15)9-5-10-17(19)20-13-22-21-11-4-3-8-18(20)21/h1-11,13H,12H2. The fraction of sp³-hybridized carbons (Fsp3) is 0.0476. The fourth-order valence-electron chi connectivity index (χ4n) is 3.60. The van der Waals surface area contributed by atoms with Crippen molar-refractivity contribution in [3.8, 4) is 22.3 Å². The van der Waals surface area contributed by atoms with Gasteiger partial charge in [-0.05, 0) is 40.3 Å². The van der Waals surface area contributed by atoms with E-state index in [4.69, 9.17) is 4.42 Å². The highest BCUT2D eigenvalue weighted by Crippen LogP contribution is 2.43. The van der Waals surface area contributed by atoms with E-state index in [0.29, 0.717) is 0 Å². The van der Waals surface area contributed by atoms with E-state index < -0.39 is 0 Å². The van der Waals surface area contributed by atoms with Crippen LogP contribution in [0.25, 0.3) is 33.2 Å². The Kier molecular flexibility index (Phi) is 2.33. The molecule has 104 valence electrons. The van der Waals surface area contributed by atoms with Crippen LogP contribution in [0, 0.1) is 0 Å². The monoisotopic (exact) mass is 282 g/mol. The van der Waals surface area contributed by atoms with Crippen molar-refractivity contribution in [2.75, 3.05) is 0 Å². The SMILES string of the molecule is c1ccc2c(c1)Cc1c-2cccc1-c1coc2ccccc12. The third-order valence-electron chi connectivity index (χ3n) is 4.62. The van der Waals surface area contributed by atoms with Crippen LogP contribution in [-0.2, 0) is 6.42 Å². The van der Waals surface area contributed by atoms with Crippen LogP contribution in [0.15, 0.2) is 77.4 Å². The number of rotatable bonds is 1. The summed E-state index contributed by atoms with van der Waals surface area (Å²) in [6, 6.07) is 23.5. The van der Waals surface area contributed by atoms with Crippen molar-refractivity contribution in [2.45, 2.75) is 6.42 Å². The van der Waals surface area contributed by atoms with Crippen molar-refractivity contribution < 1.29 is 4.42 Å². The molecule has 0 saturated carbocycles. The summed E-state index contributed by atoms with van der Waals surface area (Å²) in [6.45, 7) is 0. The van der Waals surface area contributed by atoms with Gasteiger partial charge in [0.2, 0.25) is 0 Å². The van der Waals surface area contributed by atoms with E-state index in [1.54, 1.807) is 0 Å². The van der Waals surface area contributed by atoms with E-state index in [2.05, 4.69) is 54.6 Å². The second-order valence-electron chi connectivity index (χ2n) is 5.81. The second kappa shape index (κ2) is 4.35. The van der Waals surface area contributed by atoms with Gasteiger partial charge in [-0.25, -0.2) is 0 Å². The summed E-state index contributed by atoms with van der Waals surface area (Å²) >= 11 is 0. The quantitative estimate of drug-likeness (QED) is 0.386. The van der Waals surface area contributed by atoms with Crippen LogP contribution in [0.2, 0.25) is 0 Å². The van der Waals surface area contributed by atoms with E-state index in [0.717, 1.165) is 12.0 Å². The van der Waals surface area contributed by atoms with E-state index >= 15 is 0 Å². The van der Waals surface area contributed by atoms with Crippen molar-refractivity contribution in [1.29, 1.82) is 0 Å². The zero-order valence-corrected chi connectivity index (χ0v) is 12.0. The second-order valence-corrected chi connectivity index (χ2v) is 5.81. The molecule has 0 aliphatic heterocycles. The first-order valence-electron chi connectivity index (χ1n) is 7.58. The van der Waals surface area contributed by atoms with Crippen LogP contribution in [-0.4, -0.2) is 0 Å². The summed E-state index contributed by atoms with van der Waals surface area (Å²) in [5.74, 6) is 0. The highest BCUT2D eigenvalue weighted by molar-refractivity contribution is 5.97. The van der Waals surface area contributed by atoms with Gasteiger partial charge in [0.15, 0.2) is 0 Å². The van der Waals surface area contributed by atoms with Crippen LogP contribution in [0.4, 0.5) is 0 Å². The average Bonchev–Trinajstić information content (AvgIpc) is 3.16. The Labute approximate surface area is 128 Å². The average molecular weight is 282 g/mol. The molecule has 0 saturated heterocycles. The van der Waals surface area contributed by atoms with Gasteiger partial charge in [-0.2, -0.15) is 0 Å². The lowest BCUT2D eigenvalue weighted by molar-refractivity contribution is 0.617. The first-order chi connectivity index (χ1) is 10.9. The Morgan fingerprint density at radius 2 is 1.36 bits per heavy atom. The molecule has 1 nitrogen and oxygen atoms in total. The van der Waals surface area contributed by atoms with Crippen molar-refractivity contribution in [1.82, 2.24) is 0 Å². The minimum atomic E-state index is 0.950. The molecule has 0 fully saturated rings. The van der Waals surface area contributed by atoms with E-state index in [-0.39, 0.29) is 0 Å². The van der Waals surface area contributed by atoms with Crippen LogP contribution in [0.5, 0.6) is 0 Å². The molecule has 22 heavy (non-hydrogen) atoms. The summed E-state index contributed by atoms with van der Waals surface area (Å²) in [7, 11) is 0. The number of hydrogen-bond donors (Lipinski definition) is 0. The topological polar surface area (TPSA) is 13.1 Å². The molecule has 0 amide bonds. The van der Waals surface area contributed by atoms with Gasteiger partial charge in [0, 0.05) is 10.9 Å². The van der Waals surface area contributed by atoms with Gasteiger partial charge in [0.25, 0.3) is 0 Å². The van der Waals surface area contributed by atoms with E-state index in [1.807, 2.05) is 18.4 Å². The molecule has 1 aromatic heterocycles. The Morgan fingerprint density at radius 3 is 2.32 bits per heavy atom. The zero-order chi connectivity index (χ0) is 14.5. The van der Waals surface area contributed by atoms with Crippen LogP contribution >= 0.6 is 0 Å². The minimum Gasteiger partial charge on any atom is -0.464 e. The Morgan fingerprint density at radius 1 is 0.636 bits per heavy atom. The third kappa shape index (κ3) is 1.54. The number of benzene rings is 3. The smallest absolute Gasteiger partial charge is 0.134 e. The maximum absolute atomic E-state index is 5.74. The van der Waals surface area contributed by atoms with Gasteiger partial charge in [-0.15, -0.1) is 0 Å². The zero-order valence-electron chi connectivity index (χ0n) is 12.0. The summed E-state index contributed by atoms with van der Waals surface area (Å²) in [6.07, 6.45) is 2.89. The predicted octanol–water partition coefficient (Wildman–Crippen LogP) is 5.67. The number of para-hydroxylation sites is 1. The molecule has 0 radical (unpaired) electrons. The van der Waals surface area contributed by atoms with Gasteiger partial charge >= 0.3 is 0 Å². The Bertz CT molecular complexity index is 1010. The summed E-state index contributed by atoms with van der Waals surface area (Å²) < 4.78 is 5.74. The first-order valence-corrected chi connectivity index (χ1v) is 7.58. The van der Waals surface area contributed by atoms with Crippen molar-refractivity contribution in [3.05, 3.63) is 84.1 Å². The normalized spacial score (nSPS) is 12.4. The van der Waals surface area contributed by atoms with Gasteiger partial charge in [0.1, 0.15) is 5.58 Å². The van der Waals surface area contributed by atoms with E-state index in [1.165, 1.54) is 38.8 Å². The summed E-state index contributed by atoms with van der Waals surface area (Å²) in [5.41, 5.74) is 8.99. The number of furan rings is 1. The highest BCUT2D eigenvalue weighted by atomic mass is 16.3. The molecular formula is C21H14O. The third-order valence-corrected chi connectivity index (χ3v) is 4.62. The molecule has 0 unspecified atom stereocenters. The molecule has 1 heteroatoms. The predicted molar refractivity (Wildman–Crippen MR) is 89.9 cm³/mol. The molecule has 4 aromatic rings. The minimum absolute atomic E-state index is 0.950. The van der Waals surface area contributed by atoms with Crippen LogP contribution < -0.4 is 0 Å². The maximum atomic E-state index is 5.74. The summed E-state index contributed by atoms with van der Waals surface area (Å²) in [5, 5.41) is 1.19.